The molecule has 0 bridgehead atoms. The van der Waals surface area contributed by atoms with Crippen LogP contribution < -0.4 is 5.09 Å². The lowest BCUT2D eigenvalue weighted by atomic mass is 10.1. The highest BCUT2D eigenvalue weighted by Gasteiger charge is 2.35. The van der Waals surface area contributed by atoms with E-state index in [4.69, 9.17) is 4.99 Å². The van der Waals surface area contributed by atoms with Crippen molar-refractivity contribution in [2.45, 2.75) is 65.7 Å². The fourth-order valence-electron chi connectivity index (χ4n) is 3.29. The summed E-state index contributed by atoms with van der Waals surface area (Å²) in [6.45, 7) is 18.2. The van der Waals surface area contributed by atoms with Crippen LogP contribution in [0.15, 0.2) is 53.5 Å². The first-order valence-corrected chi connectivity index (χ1v) is 10.6. The zero-order valence-electron chi connectivity index (χ0n) is 17.5. The lowest BCUT2D eigenvalue weighted by Gasteiger charge is -2.42. The Morgan fingerprint density at radius 1 is 0.769 bits per heavy atom. The Balaban J connectivity index is 2.58. The molecule has 0 amide bonds. The van der Waals surface area contributed by atoms with Gasteiger partial charge in [-0.15, -0.1) is 0 Å². The summed E-state index contributed by atoms with van der Waals surface area (Å²) in [5.41, 5.74) is 4.61. The fourth-order valence-corrected chi connectivity index (χ4v) is 6.37. The third kappa shape index (κ3) is 5.17. The summed E-state index contributed by atoms with van der Waals surface area (Å²) >= 11 is 0. The Labute approximate surface area is 161 Å². The van der Waals surface area contributed by atoms with Gasteiger partial charge in [0.25, 0.3) is 0 Å². The van der Waals surface area contributed by atoms with Crippen molar-refractivity contribution in [2.24, 2.45) is 4.99 Å². The lowest BCUT2D eigenvalue weighted by molar-refractivity contribution is 0.699. The maximum Gasteiger partial charge on any atom is 0.137 e. The molecule has 0 aliphatic carbocycles. The molecule has 0 atom stereocenters. The van der Waals surface area contributed by atoms with E-state index >= 15 is 0 Å². The molecule has 0 saturated carbocycles. The van der Waals surface area contributed by atoms with Gasteiger partial charge in [0.2, 0.25) is 0 Å². The molecular weight excluding hydrogens is 335 g/mol. The largest absolute Gasteiger partial charge is 0.348 e. The van der Waals surface area contributed by atoms with Crippen LogP contribution >= 0.6 is 8.07 Å². The van der Waals surface area contributed by atoms with Crippen molar-refractivity contribution in [1.82, 2.24) is 5.09 Å². The van der Waals surface area contributed by atoms with Crippen molar-refractivity contribution in [3.05, 3.63) is 65.2 Å². The Morgan fingerprint density at radius 2 is 1.27 bits per heavy atom. The number of aryl methyl sites for hydroxylation is 2. The van der Waals surface area contributed by atoms with Crippen LogP contribution in [0.5, 0.6) is 0 Å². The first-order valence-electron chi connectivity index (χ1n) is 9.27. The molecular formula is C23H33N2P. The van der Waals surface area contributed by atoms with Crippen molar-refractivity contribution < 1.29 is 0 Å². The molecule has 0 heterocycles. The van der Waals surface area contributed by atoms with E-state index in [0.717, 1.165) is 17.1 Å². The standard InChI is InChI=1S/C23H33N2P/c1-17-13-12-14-18(2)20(17)24-21(19-15-10-9-11-16-19)25-26(22(3,4)5)23(6,7)8/h9-16H,1-8H3,(H,24,25). The van der Waals surface area contributed by atoms with Crippen LogP contribution in [0.3, 0.4) is 0 Å². The summed E-state index contributed by atoms with van der Waals surface area (Å²) in [7, 11) is -0.502. The van der Waals surface area contributed by atoms with Crippen molar-refractivity contribution in [1.29, 1.82) is 0 Å². The minimum atomic E-state index is -0.502. The Bertz CT molecular complexity index is 731. The molecule has 0 aromatic heterocycles. The average Bonchev–Trinajstić information content (AvgIpc) is 2.52. The third-order valence-corrected chi connectivity index (χ3v) is 7.39. The zero-order valence-corrected chi connectivity index (χ0v) is 18.4. The number of rotatable bonds is 3. The van der Waals surface area contributed by atoms with Crippen LogP contribution in [-0.2, 0) is 0 Å². The minimum absolute atomic E-state index is 0.171. The number of nitrogens with one attached hydrogen (secondary N) is 1. The Hall–Kier alpha value is -1.66. The predicted octanol–water partition coefficient (Wildman–Crippen LogP) is 6.97. The molecule has 0 aliphatic rings. The van der Waals surface area contributed by atoms with Gasteiger partial charge in [0.15, 0.2) is 0 Å². The molecule has 26 heavy (non-hydrogen) atoms. The van der Waals surface area contributed by atoms with E-state index in [1.54, 1.807) is 0 Å². The molecule has 140 valence electrons. The highest BCUT2D eigenvalue weighted by molar-refractivity contribution is 7.59. The molecule has 2 nitrogen and oxygen atoms in total. The minimum Gasteiger partial charge on any atom is -0.348 e. The van der Waals surface area contributed by atoms with Gasteiger partial charge in [-0.3, -0.25) is 0 Å². The van der Waals surface area contributed by atoms with E-state index in [1.165, 1.54) is 11.1 Å². The van der Waals surface area contributed by atoms with E-state index in [-0.39, 0.29) is 10.3 Å². The normalized spacial score (nSPS) is 13.2. The van der Waals surface area contributed by atoms with Crippen LogP contribution in [0.4, 0.5) is 5.69 Å². The third-order valence-electron chi connectivity index (χ3n) is 4.27. The van der Waals surface area contributed by atoms with Gasteiger partial charge in [-0.25, -0.2) is 4.99 Å². The zero-order chi connectivity index (χ0) is 19.5. The first-order chi connectivity index (χ1) is 12.0. The van der Waals surface area contributed by atoms with Gasteiger partial charge in [-0.2, -0.15) is 0 Å². The summed E-state index contributed by atoms with van der Waals surface area (Å²) in [5, 5.41) is 4.21. The van der Waals surface area contributed by atoms with Crippen LogP contribution in [-0.4, -0.2) is 16.1 Å². The van der Waals surface area contributed by atoms with Crippen LogP contribution in [0, 0.1) is 13.8 Å². The topological polar surface area (TPSA) is 24.4 Å². The second-order valence-electron chi connectivity index (χ2n) is 8.86. The molecule has 2 aromatic rings. The fraction of sp³-hybridized carbons (Fsp3) is 0.435. The molecule has 2 aromatic carbocycles. The summed E-state index contributed by atoms with van der Waals surface area (Å²) in [6.07, 6.45) is 0. The maximum atomic E-state index is 5.12. The predicted molar refractivity (Wildman–Crippen MR) is 118 cm³/mol. The van der Waals surface area contributed by atoms with Crippen molar-refractivity contribution >= 4 is 19.6 Å². The van der Waals surface area contributed by atoms with Crippen molar-refractivity contribution in [3.63, 3.8) is 0 Å². The van der Waals surface area contributed by atoms with Crippen LogP contribution in [0.25, 0.3) is 0 Å². The van der Waals surface area contributed by atoms with E-state index in [2.05, 4.69) is 109 Å². The molecule has 0 spiro atoms. The summed E-state index contributed by atoms with van der Waals surface area (Å²) in [6, 6.07) is 16.8. The van der Waals surface area contributed by atoms with Gasteiger partial charge in [0.05, 0.1) is 5.69 Å². The van der Waals surface area contributed by atoms with Gasteiger partial charge < -0.3 is 5.09 Å². The smallest absolute Gasteiger partial charge is 0.137 e. The molecule has 1 N–H and O–H groups in total. The maximum absolute atomic E-state index is 5.12. The quantitative estimate of drug-likeness (QED) is 0.353. The molecule has 0 fully saturated rings. The number of amidine groups is 1. The number of nitrogens with zero attached hydrogens (tertiary/aromatic N) is 1. The van der Waals surface area contributed by atoms with Gasteiger partial charge in [0.1, 0.15) is 5.84 Å². The van der Waals surface area contributed by atoms with Crippen molar-refractivity contribution in [3.8, 4) is 0 Å². The number of benzene rings is 2. The molecule has 0 saturated heterocycles. The summed E-state index contributed by atoms with van der Waals surface area (Å²) < 4.78 is 0. The second kappa shape index (κ2) is 7.92. The van der Waals surface area contributed by atoms with Gasteiger partial charge >= 0.3 is 0 Å². The lowest BCUT2D eigenvalue weighted by Crippen LogP contribution is -2.36. The van der Waals surface area contributed by atoms with Crippen LogP contribution in [0.1, 0.15) is 58.2 Å². The first kappa shape index (κ1) is 20.6. The second-order valence-corrected chi connectivity index (χ2v) is 12.4. The SMILES string of the molecule is Cc1cccc(C)c1N=C(NP(C(C)(C)C)C(C)(C)C)c1ccccc1. The summed E-state index contributed by atoms with van der Waals surface area (Å²) in [5.74, 6) is 0.971. The number of hydrogen-bond donors (Lipinski definition) is 1. The molecule has 3 heteroatoms. The molecule has 0 radical (unpaired) electrons. The molecule has 0 aliphatic heterocycles. The van der Waals surface area contributed by atoms with E-state index in [1.807, 2.05) is 0 Å². The average molecular weight is 369 g/mol. The summed E-state index contributed by atoms with van der Waals surface area (Å²) in [4.78, 5) is 5.12. The van der Waals surface area contributed by atoms with E-state index in [9.17, 15) is 0 Å². The molecule has 0 unspecified atom stereocenters. The van der Waals surface area contributed by atoms with E-state index < -0.39 is 8.07 Å². The van der Waals surface area contributed by atoms with Crippen LogP contribution in [0.2, 0.25) is 0 Å². The monoisotopic (exact) mass is 368 g/mol. The number of para-hydroxylation sites is 1. The van der Waals surface area contributed by atoms with Gasteiger partial charge in [-0.05, 0) is 25.0 Å². The highest BCUT2D eigenvalue weighted by atomic mass is 31.1. The molecule has 2 rings (SSSR count). The Morgan fingerprint density at radius 3 is 1.73 bits per heavy atom. The van der Waals surface area contributed by atoms with Crippen molar-refractivity contribution in [2.75, 3.05) is 0 Å². The van der Waals surface area contributed by atoms with Gasteiger partial charge in [-0.1, -0.05) is 90.1 Å². The van der Waals surface area contributed by atoms with E-state index in [0.29, 0.717) is 0 Å². The highest BCUT2D eigenvalue weighted by Crippen LogP contribution is 2.56. The number of hydrogen-bond acceptors (Lipinski definition) is 1. The Kier molecular flexibility index (Phi) is 6.29. The van der Waals surface area contributed by atoms with Gasteiger partial charge in [0, 0.05) is 23.9 Å². The number of aliphatic imine (C=N–C) groups is 1.